The molecule has 1 atom stereocenters. The van der Waals surface area contributed by atoms with Gasteiger partial charge in [0.15, 0.2) is 5.82 Å². The molecular formula is C14H19N3OS. The number of aryl methyl sites for hydroxylation is 2. The number of rotatable bonds is 3. The number of nitrogens with zero attached hydrogens (tertiary/aromatic N) is 2. The maximum Gasteiger partial charge on any atom is 0.268 e. The second-order valence-electron chi connectivity index (χ2n) is 5.46. The maximum absolute atomic E-state index is 6.14. The molecule has 1 unspecified atom stereocenters. The van der Waals surface area contributed by atoms with E-state index < -0.39 is 5.54 Å². The van der Waals surface area contributed by atoms with Crippen LogP contribution < -0.4 is 5.73 Å². The number of aromatic nitrogens is 2. The van der Waals surface area contributed by atoms with Crippen LogP contribution in [0, 0.1) is 0 Å². The molecule has 19 heavy (non-hydrogen) atoms. The van der Waals surface area contributed by atoms with Gasteiger partial charge in [0.05, 0.1) is 10.4 Å². The molecule has 0 aromatic carbocycles. The van der Waals surface area contributed by atoms with E-state index in [1.54, 1.807) is 11.3 Å². The van der Waals surface area contributed by atoms with Crippen LogP contribution in [0.1, 0.15) is 49.4 Å². The minimum atomic E-state index is -0.515. The first-order valence-electron chi connectivity index (χ1n) is 6.85. The molecule has 1 aliphatic rings. The molecule has 2 heterocycles. The van der Waals surface area contributed by atoms with Gasteiger partial charge in [0.1, 0.15) is 0 Å². The number of thiophene rings is 1. The number of fused-ring (bicyclic) bond motifs is 1. The lowest BCUT2D eigenvalue weighted by atomic mass is 9.99. The SMILES string of the molecule is CCC(C)(N)c1noc(-c2cc3c(s2)CCCC3)n1. The summed E-state index contributed by atoms with van der Waals surface area (Å²) in [5.41, 5.74) is 7.08. The van der Waals surface area contributed by atoms with Crippen LogP contribution in [0.2, 0.25) is 0 Å². The van der Waals surface area contributed by atoms with Crippen LogP contribution >= 0.6 is 11.3 Å². The van der Waals surface area contributed by atoms with Crippen molar-refractivity contribution >= 4 is 11.3 Å². The molecule has 0 saturated heterocycles. The molecule has 0 bridgehead atoms. The first-order chi connectivity index (χ1) is 9.10. The van der Waals surface area contributed by atoms with E-state index in [2.05, 4.69) is 16.2 Å². The lowest BCUT2D eigenvalue weighted by molar-refractivity contribution is 0.379. The fourth-order valence-corrected chi connectivity index (χ4v) is 3.49. The van der Waals surface area contributed by atoms with Crippen LogP contribution in [0.4, 0.5) is 0 Å². The van der Waals surface area contributed by atoms with Crippen molar-refractivity contribution in [2.75, 3.05) is 0 Å². The van der Waals surface area contributed by atoms with Crippen molar-refractivity contribution in [3.63, 3.8) is 0 Å². The Labute approximate surface area is 117 Å². The third-order valence-corrected chi connectivity index (χ3v) is 5.10. The molecule has 5 heteroatoms. The van der Waals surface area contributed by atoms with Crippen LogP contribution in [-0.4, -0.2) is 10.1 Å². The molecule has 1 aliphatic carbocycles. The third kappa shape index (κ3) is 2.32. The highest BCUT2D eigenvalue weighted by molar-refractivity contribution is 7.15. The van der Waals surface area contributed by atoms with E-state index in [1.807, 2.05) is 13.8 Å². The van der Waals surface area contributed by atoms with Crippen LogP contribution in [0.3, 0.4) is 0 Å². The molecule has 4 nitrogen and oxygen atoms in total. The Morgan fingerprint density at radius 2 is 2.21 bits per heavy atom. The average Bonchev–Trinajstić information content (AvgIpc) is 3.05. The zero-order chi connectivity index (χ0) is 13.5. The van der Waals surface area contributed by atoms with Crippen molar-refractivity contribution in [2.45, 2.75) is 51.5 Å². The van der Waals surface area contributed by atoms with Crippen molar-refractivity contribution in [1.29, 1.82) is 0 Å². The van der Waals surface area contributed by atoms with Gasteiger partial charge in [-0.15, -0.1) is 11.3 Å². The summed E-state index contributed by atoms with van der Waals surface area (Å²) in [6.45, 7) is 3.96. The first kappa shape index (κ1) is 12.8. The highest BCUT2D eigenvalue weighted by Gasteiger charge is 2.26. The summed E-state index contributed by atoms with van der Waals surface area (Å²) < 4.78 is 5.39. The molecule has 0 spiro atoms. The molecule has 3 rings (SSSR count). The highest BCUT2D eigenvalue weighted by atomic mass is 32.1. The average molecular weight is 277 g/mol. The Hall–Kier alpha value is -1.20. The van der Waals surface area contributed by atoms with Crippen LogP contribution in [0.5, 0.6) is 0 Å². The zero-order valence-electron chi connectivity index (χ0n) is 11.4. The van der Waals surface area contributed by atoms with Crippen molar-refractivity contribution in [3.8, 4) is 10.8 Å². The number of hydrogen-bond donors (Lipinski definition) is 1. The predicted octanol–water partition coefficient (Wildman–Crippen LogP) is 3.26. The number of hydrogen-bond acceptors (Lipinski definition) is 5. The van der Waals surface area contributed by atoms with Gasteiger partial charge in [-0.3, -0.25) is 0 Å². The minimum Gasteiger partial charge on any atom is -0.333 e. The van der Waals surface area contributed by atoms with Gasteiger partial charge in [-0.25, -0.2) is 0 Å². The van der Waals surface area contributed by atoms with E-state index >= 15 is 0 Å². The minimum absolute atomic E-state index is 0.515. The van der Waals surface area contributed by atoms with Gasteiger partial charge in [-0.2, -0.15) is 4.98 Å². The Balaban J connectivity index is 1.92. The first-order valence-corrected chi connectivity index (χ1v) is 7.67. The van der Waals surface area contributed by atoms with E-state index in [-0.39, 0.29) is 0 Å². The highest BCUT2D eigenvalue weighted by Crippen LogP contribution is 2.35. The summed E-state index contributed by atoms with van der Waals surface area (Å²) in [6.07, 6.45) is 5.72. The van der Waals surface area contributed by atoms with Crippen molar-refractivity contribution < 1.29 is 4.52 Å². The molecular weight excluding hydrogens is 258 g/mol. The summed E-state index contributed by atoms with van der Waals surface area (Å²) in [5, 5.41) is 4.04. The summed E-state index contributed by atoms with van der Waals surface area (Å²) in [5.74, 6) is 1.20. The normalized spacial score (nSPS) is 18.1. The molecule has 2 aromatic rings. The molecule has 0 fully saturated rings. The standard InChI is InChI=1S/C14H19N3OS/c1-3-14(2,15)13-16-12(18-17-13)11-8-9-6-4-5-7-10(9)19-11/h8H,3-7,15H2,1-2H3. The lowest BCUT2D eigenvalue weighted by Gasteiger charge is -2.16. The molecule has 0 amide bonds. The van der Waals surface area contributed by atoms with E-state index in [4.69, 9.17) is 10.3 Å². The Morgan fingerprint density at radius 3 is 2.95 bits per heavy atom. The van der Waals surface area contributed by atoms with Gasteiger partial charge >= 0.3 is 0 Å². The summed E-state index contributed by atoms with van der Waals surface area (Å²) in [7, 11) is 0. The lowest BCUT2D eigenvalue weighted by Crippen LogP contribution is -2.33. The van der Waals surface area contributed by atoms with E-state index in [0.717, 1.165) is 11.3 Å². The second-order valence-corrected chi connectivity index (χ2v) is 6.60. The molecule has 2 aromatic heterocycles. The Kier molecular flexibility index (Phi) is 3.19. The fraction of sp³-hybridized carbons (Fsp3) is 0.571. The van der Waals surface area contributed by atoms with Crippen LogP contribution in [0.25, 0.3) is 10.8 Å². The summed E-state index contributed by atoms with van der Waals surface area (Å²) in [4.78, 5) is 7.03. The van der Waals surface area contributed by atoms with Gasteiger partial charge in [-0.05, 0) is 50.7 Å². The topological polar surface area (TPSA) is 64.9 Å². The maximum atomic E-state index is 6.14. The molecule has 102 valence electrons. The molecule has 0 saturated carbocycles. The quantitative estimate of drug-likeness (QED) is 0.935. The summed E-state index contributed by atoms with van der Waals surface area (Å²) >= 11 is 1.78. The van der Waals surface area contributed by atoms with Gasteiger partial charge in [0.25, 0.3) is 5.89 Å². The number of nitrogens with two attached hydrogens (primary N) is 1. The van der Waals surface area contributed by atoms with E-state index in [9.17, 15) is 0 Å². The largest absolute Gasteiger partial charge is 0.333 e. The second kappa shape index (κ2) is 4.72. The molecule has 0 radical (unpaired) electrons. The van der Waals surface area contributed by atoms with E-state index in [0.29, 0.717) is 11.7 Å². The van der Waals surface area contributed by atoms with Gasteiger partial charge in [0.2, 0.25) is 0 Å². The van der Waals surface area contributed by atoms with Crippen molar-refractivity contribution in [1.82, 2.24) is 10.1 Å². The Bertz CT molecular complexity index is 562. The van der Waals surface area contributed by atoms with Crippen LogP contribution in [0.15, 0.2) is 10.6 Å². The Morgan fingerprint density at radius 1 is 1.42 bits per heavy atom. The van der Waals surface area contributed by atoms with Crippen molar-refractivity contribution in [2.24, 2.45) is 5.73 Å². The smallest absolute Gasteiger partial charge is 0.268 e. The third-order valence-electron chi connectivity index (χ3n) is 3.88. The van der Waals surface area contributed by atoms with E-state index in [1.165, 1.54) is 36.1 Å². The van der Waals surface area contributed by atoms with Crippen LogP contribution in [-0.2, 0) is 18.4 Å². The molecule has 0 aliphatic heterocycles. The molecule has 2 N–H and O–H groups in total. The van der Waals surface area contributed by atoms with Gasteiger partial charge in [0, 0.05) is 4.88 Å². The zero-order valence-corrected chi connectivity index (χ0v) is 12.2. The monoisotopic (exact) mass is 277 g/mol. The predicted molar refractivity (Wildman–Crippen MR) is 76.1 cm³/mol. The summed E-state index contributed by atoms with van der Waals surface area (Å²) in [6, 6.07) is 2.20. The van der Waals surface area contributed by atoms with Gasteiger partial charge in [-0.1, -0.05) is 12.1 Å². The van der Waals surface area contributed by atoms with Crippen molar-refractivity contribution in [3.05, 3.63) is 22.3 Å². The fourth-order valence-electron chi connectivity index (χ4n) is 2.31. The van der Waals surface area contributed by atoms with Gasteiger partial charge < -0.3 is 10.3 Å².